The van der Waals surface area contributed by atoms with Gasteiger partial charge in [-0.05, 0) is 56.7 Å². The van der Waals surface area contributed by atoms with E-state index in [2.05, 4.69) is 16.0 Å². The van der Waals surface area contributed by atoms with Crippen LogP contribution in [0.4, 0.5) is 20.2 Å². The molecule has 0 heterocycles. The van der Waals surface area contributed by atoms with Crippen molar-refractivity contribution in [1.29, 1.82) is 0 Å². The Morgan fingerprint density at radius 2 is 1.66 bits per heavy atom. The molecule has 0 aliphatic rings. The van der Waals surface area contributed by atoms with Crippen LogP contribution in [0.5, 0.6) is 0 Å². The molecule has 2 amide bonds. The van der Waals surface area contributed by atoms with Crippen molar-refractivity contribution in [1.82, 2.24) is 10.6 Å². The maximum absolute atomic E-state index is 12.7. The molecule has 2 atom stereocenters. The SMILES string of the molecule is CCC(C)NC(=O)C(C)NC(=O)c1ccccc1Nc1ccc(SC(F)F)cc1. The highest BCUT2D eigenvalue weighted by Crippen LogP contribution is 2.27. The Bertz CT molecular complexity index is 831. The molecule has 2 unspecified atom stereocenters. The third kappa shape index (κ3) is 7.05. The summed E-state index contributed by atoms with van der Waals surface area (Å²) < 4.78 is 24.9. The molecule has 2 aromatic rings. The van der Waals surface area contributed by atoms with Gasteiger partial charge in [-0.3, -0.25) is 9.59 Å². The zero-order valence-corrected chi connectivity index (χ0v) is 17.4. The number of thioether (sulfide) groups is 1. The standard InChI is InChI=1S/C21H25F2N3O2S/c1-4-13(2)24-19(27)14(3)25-20(28)17-7-5-6-8-18(17)26-15-9-11-16(12-10-15)29-21(22)23/h5-14,21,26H,4H2,1-3H3,(H,24,27)(H,25,28). The normalized spacial score (nSPS) is 12.9. The maximum atomic E-state index is 12.7. The Morgan fingerprint density at radius 3 is 2.28 bits per heavy atom. The lowest BCUT2D eigenvalue weighted by Gasteiger charge is -2.18. The van der Waals surface area contributed by atoms with Crippen LogP contribution in [0.15, 0.2) is 53.4 Å². The van der Waals surface area contributed by atoms with E-state index in [-0.39, 0.29) is 17.9 Å². The van der Waals surface area contributed by atoms with Crippen LogP contribution in [0.2, 0.25) is 0 Å². The van der Waals surface area contributed by atoms with E-state index in [1.807, 2.05) is 13.8 Å². The number of alkyl halides is 2. The maximum Gasteiger partial charge on any atom is 0.288 e. The number of amides is 2. The fourth-order valence-electron chi connectivity index (χ4n) is 2.48. The quantitative estimate of drug-likeness (QED) is 0.510. The number of anilines is 2. The predicted molar refractivity (Wildman–Crippen MR) is 113 cm³/mol. The third-order valence-electron chi connectivity index (χ3n) is 4.27. The van der Waals surface area contributed by atoms with Crippen molar-refractivity contribution >= 4 is 35.0 Å². The van der Waals surface area contributed by atoms with Crippen molar-refractivity contribution in [3.05, 3.63) is 54.1 Å². The van der Waals surface area contributed by atoms with Gasteiger partial charge < -0.3 is 16.0 Å². The predicted octanol–water partition coefficient (Wildman–Crippen LogP) is 4.78. The molecule has 0 radical (unpaired) electrons. The van der Waals surface area contributed by atoms with Crippen molar-refractivity contribution in [2.75, 3.05) is 5.32 Å². The molecule has 0 fully saturated rings. The summed E-state index contributed by atoms with van der Waals surface area (Å²) in [6.07, 6.45) is 0.799. The van der Waals surface area contributed by atoms with Crippen molar-refractivity contribution in [3.63, 3.8) is 0 Å². The van der Waals surface area contributed by atoms with Gasteiger partial charge in [0.2, 0.25) is 5.91 Å². The van der Waals surface area contributed by atoms with Crippen molar-refractivity contribution < 1.29 is 18.4 Å². The average molecular weight is 422 g/mol. The molecule has 0 bridgehead atoms. The van der Waals surface area contributed by atoms with Crippen molar-refractivity contribution in [2.24, 2.45) is 0 Å². The number of carbonyl (C=O) groups is 2. The average Bonchev–Trinajstić information content (AvgIpc) is 2.69. The van der Waals surface area contributed by atoms with E-state index in [9.17, 15) is 18.4 Å². The molecule has 0 aliphatic carbocycles. The first kappa shape index (κ1) is 22.7. The Labute approximate surface area is 173 Å². The number of nitrogens with one attached hydrogen (secondary N) is 3. The van der Waals surface area contributed by atoms with E-state index < -0.39 is 11.8 Å². The van der Waals surface area contributed by atoms with Gasteiger partial charge in [-0.2, -0.15) is 8.78 Å². The second-order valence-electron chi connectivity index (χ2n) is 6.59. The Morgan fingerprint density at radius 1 is 1.00 bits per heavy atom. The summed E-state index contributed by atoms with van der Waals surface area (Å²) in [7, 11) is 0. The van der Waals surface area contributed by atoms with Gasteiger partial charge in [0.25, 0.3) is 11.7 Å². The summed E-state index contributed by atoms with van der Waals surface area (Å²) in [6.45, 7) is 5.50. The third-order valence-corrected chi connectivity index (χ3v) is 4.99. The molecule has 5 nitrogen and oxygen atoms in total. The highest BCUT2D eigenvalue weighted by molar-refractivity contribution is 7.99. The monoisotopic (exact) mass is 421 g/mol. The van der Waals surface area contributed by atoms with Crippen molar-refractivity contribution in [3.8, 4) is 0 Å². The summed E-state index contributed by atoms with van der Waals surface area (Å²) in [5, 5.41) is 8.66. The number of para-hydroxylation sites is 1. The minimum Gasteiger partial charge on any atom is -0.355 e. The Balaban J connectivity index is 2.07. The smallest absolute Gasteiger partial charge is 0.288 e. The van der Waals surface area contributed by atoms with Gasteiger partial charge in [0.15, 0.2) is 0 Å². The van der Waals surface area contributed by atoms with Gasteiger partial charge in [-0.1, -0.05) is 30.8 Å². The van der Waals surface area contributed by atoms with Gasteiger partial charge in [0.05, 0.1) is 11.3 Å². The first-order valence-corrected chi connectivity index (χ1v) is 10.2. The van der Waals surface area contributed by atoms with E-state index in [0.717, 1.165) is 6.42 Å². The topological polar surface area (TPSA) is 70.2 Å². The number of rotatable bonds is 9. The molecule has 0 spiro atoms. The number of hydrogen-bond donors (Lipinski definition) is 3. The molecule has 2 aromatic carbocycles. The number of carbonyl (C=O) groups excluding carboxylic acids is 2. The highest BCUT2D eigenvalue weighted by atomic mass is 32.2. The van der Waals surface area contributed by atoms with Crippen LogP contribution in [0.25, 0.3) is 0 Å². The molecule has 8 heteroatoms. The molecule has 0 aromatic heterocycles. The number of benzene rings is 2. The van der Waals surface area contributed by atoms with Crippen LogP contribution >= 0.6 is 11.8 Å². The van der Waals surface area contributed by atoms with E-state index in [4.69, 9.17) is 0 Å². The number of hydrogen-bond acceptors (Lipinski definition) is 4. The summed E-state index contributed by atoms with van der Waals surface area (Å²) >= 11 is 0.474. The summed E-state index contributed by atoms with van der Waals surface area (Å²) in [5.74, 6) is -3.10. The zero-order chi connectivity index (χ0) is 21.4. The van der Waals surface area contributed by atoms with Crippen LogP contribution in [0, 0.1) is 0 Å². The van der Waals surface area contributed by atoms with Gasteiger partial charge in [0.1, 0.15) is 6.04 Å². The summed E-state index contributed by atoms with van der Waals surface area (Å²) in [6, 6.07) is 12.7. The lowest BCUT2D eigenvalue weighted by atomic mass is 10.1. The van der Waals surface area contributed by atoms with Gasteiger partial charge in [-0.15, -0.1) is 0 Å². The molecular weight excluding hydrogens is 396 g/mol. The van der Waals surface area contributed by atoms with Gasteiger partial charge in [0, 0.05) is 16.6 Å². The second kappa shape index (κ2) is 10.8. The number of halogens is 2. The van der Waals surface area contributed by atoms with E-state index in [0.29, 0.717) is 33.6 Å². The lowest BCUT2D eigenvalue weighted by molar-refractivity contribution is -0.123. The largest absolute Gasteiger partial charge is 0.355 e. The lowest BCUT2D eigenvalue weighted by Crippen LogP contribution is -2.47. The Kier molecular flexibility index (Phi) is 8.45. The van der Waals surface area contributed by atoms with Crippen LogP contribution in [0.3, 0.4) is 0 Å². The van der Waals surface area contributed by atoms with Crippen LogP contribution in [0.1, 0.15) is 37.6 Å². The molecule has 0 aliphatic heterocycles. The van der Waals surface area contributed by atoms with E-state index in [1.165, 1.54) is 0 Å². The van der Waals surface area contributed by atoms with Crippen LogP contribution < -0.4 is 16.0 Å². The van der Waals surface area contributed by atoms with Gasteiger partial charge in [-0.25, -0.2) is 0 Å². The van der Waals surface area contributed by atoms with E-state index in [1.54, 1.807) is 55.5 Å². The highest BCUT2D eigenvalue weighted by Gasteiger charge is 2.19. The summed E-state index contributed by atoms with van der Waals surface area (Å²) in [5.41, 5.74) is 1.59. The van der Waals surface area contributed by atoms with Crippen molar-refractivity contribution in [2.45, 2.75) is 49.9 Å². The minimum atomic E-state index is -2.47. The second-order valence-corrected chi connectivity index (χ2v) is 7.65. The fraction of sp³-hybridized carbons (Fsp3) is 0.333. The first-order valence-electron chi connectivity index (χ1n) is 9.32. The fourth-order valence-corrected chi connectivity index (χ4v) is 2.97. The molecule has 3 N–H and O–H groups in total. The van der Waals surface area contributed by atoms with Crippen LogP contribution in [-0.2, 0) is 4.79 Å². The molecule has 0 saturated carbocycles. The molecular formula is C21H25F2N3O2S. The van der Waals surface area contributed by atoms with Crippen LogP contribution in [-0.4, -0.2) is 29.7 Å². The first-order chi connectivity index (χ1) is 13.8. The molecule has 0 saturated heterocycles. The summed E-state index contributed by atoms with van der Waals surface area (Å²) in [4.78, 5) is 25.3. The zero-order valence-electron chi connectivity index (χ0n) is 16.5. The van der Waals surface area contributed by atoms with Gasteiger partial charge >= 0.3 is 0 Å². The molecule has 2 rings (SSSR count). The minimum absolute atomic E-state index is 0.0296. The molecule has 156 valence electrons. The Hall–Kier alpha value is -2.61. The van der Waals surface area contributed by atoms with E-state index >= 15 is 0 Å². The molecule has 29 heavy (non-hydrogen) atoms.